The summed E-state index contributed by atoms with van der Waals surface area (Å²) in [7, 11) is 0. The Kier molecular flexibility index (Phi) is 4.50. The van der Waals surface area contributed by atoms with Gasteiger partial charge < -0.3 is 15.7 Å². The number of nitrogens with zero attached hydrogens (tertiary/aromatic N) is 4. The van der Waals surface area contributed by atoms with Gasteiger partial charge in [0.1, 0.15) is 11.6 Å². The number of aromatic nitrogens is 6. The van der Waals surface area contributed by atoms with E-state index in [-0.39, 0.29) is 11.6 Å². The third-order valence-electron chi connectivity index (χ3n) is 5.78. The van der Waals surface area contributed by atoms with E-state index < -0.39 is 0 Å². The van der Waals surface area contributed by atoms with E-state index in [1.165, 1.54) is 6.20 Å². The number of imidazole rings is 1. The molecule has 0 unspecified atom stereocenters. The summed E-state index contributed by atoms with van der Waals surface area (Å²) in [6, 6.07) is 16.8. The van der Waals surface area contributed by atoms with Crippen molar-refractivity contribution in [3.05, 3.63) is 89.1 Å². The zero-order chi connectivity index (χ0) is 23.4. The van der Waals surface area contributed by atoms with E-state index in [9.17, 15) is 4.79 Å². The minimum atomic E-state index is -0.242. The average Bonchev–Trinajstić information content (AvgIpc) is 3.53. The quantitative estimate of drug-likeness (QED) is 0.313. The van der Waals surface area contributed by atoms with E-state index in [1.54, 1.807) is 29.1 Å². The lowest BCUT2D eigenvalue weighted by molar-refractivity contribution is 0.103. The molecule has 4 aromatic heterocycles. The number of nitrogens with two attached hydrogens (primary N) is 1. The summed E-state index contributed by atoms with van der Waals surface area (Å²) in [6.07, 6.45) is 3.18. The van der Waals surface area contributed by atoms with Gasteiger partial charge in [0.05, 0.1) is 44.9 Å². The fraction of sp³-hybridized carbons (Fsp3) is 0.0400. The number of hydrogen-bond acceptors (Lipinski definition) is 5. The lowest BCUT2D eigenvalue weighted by atomic mass is 10.1. The van der Waals surface area contributed by atoms with E-state index in [4.69, 9.17) is 17.3 Å². The van der Waals surface area contributed by atoms with Crippen LogP contribution in [0.5, 0.6) is 0 Å². The Hall–Kier alpha value is -4.43. The summed E-state index contributed by atoms with van der Waals surface area (Å²) < 4.78 is 1.54. The number of ketones is 1. The number of benzene rings is 2. The third-order valence-corrected chi connectivity index (χ3v) is 6.08. The van der Waals surface area contributed by atoms with Crippen molar-refractivity contribution in [2.75, 3.05) is 5.73 Å². The molecule has 0 atom stereocenters. The molecule has 4 N–H and O–H groups in total. The van der Waals surface area contributed by atoms with Gasteiger partial charge in [-0.3, -0.25) is 9.78 Å². The van der Waals surface area contributed by atoms with E-state index in [0.717, 1.165) is 39.0 Å². The number of anilines is 1. The molecule has 0 aliphatic carbocycles. The van der Waals surface area contributed by atoms with Crippen molar-refractivity contribution in [1.29, 1.82) is 0 Å². The van der Waals surface area contributed by atoms with Crippen LogP contribution >= 0.6 is 11.6 Å². The first-order valence-electron chi connectivity index (χ1n) is 10.6. The van der Waals surface area contributed by atoms with Crippen molar-refractivity contribution in [3.63, 3.8) is 0 Å². The maximum Gasteiger partial charge on any atom is 0.214 e. The molecular formula is C25H18ClN7O. The molecule has 166 valence electrons. The first-order chi connectivity index (χ1) is 16.5. The topological polar surface area (TPSA) is 118 Å². The molecule has 2 aromatic carbocycles. The van der Waals surface area contributed by atoms with Gasteiger partial charge in [-0.05, 0) is 49.4 Å². The standard InChI is InChI=1S/C25H18ClN7O/c1-13-30-19-7-6-16(11-21(19)31-13)33-25(27)17(12-29-33)24(34)22-9-14-4-5-15(10-20(14)32-22)23-18(26)3-2-8-28-23/h2-12,32H,27H2,1H3,(H,30,31). The molecule has 0 amide bonds. The zero-order valence-electron chi connectivity index (χ0n) is 18.0. The number of rotatable bonds is 4. The van der Waals surface area contributed by atoms with Crippen LogP contribution in [-0.2, 0) is 0 Å². The summed E-state index contributed by atoms with van der Waals surface area (Å²) in [4.78, 5) is 28.5. The first kappa shape index (κ1) is 20.2. The Bertz CT molecular complexity index is 1730. The molecule has 0 fully saturated rings. The molecule has 0 spiro atoms. The van der Waals surface area contributed by atoms with Gasteiger partial charge >= 0.3 is 0 Å². The van der Waals surface area contributed by atoms with Gasteiger partial charge in [-0.2, -0.15) is 5.10 Å². The van der Waals surface area contributed by atoms with Gasteiger partial charge in [-0.25, -0.2) is 9.67 Å². The molecule has 0 aliphatic rings. The maximum absolute atomic E-state index is 13.3. The van der Waals surface area contributed by atoms with E-state index in [1.807, 2.05) is 43.3 Å². The largest absolute Gasteiger partial charge is 0.383 e. The molecule has 6 rings (SSSR count). The van der Waals surface area contributed by atoms with Gasteiger partial charge in [0, 0.05) is 22.7 Å². The number of hydrogen-bond donors (Lipinski definition) is 3. The van der Waals surface area contributed by atoms with Gasteiger partial charge in [0.25, 0.3) is 0 Å². The number of H-pyrrole nitrogens is 2. The van der Waals surface area contributed by atoms with Crippen LogP contribution in [0.3, 0.4) is 0 Å². The Morgan fingerprint density at radius 3 is 2.79 bits per heavy atom. The van der Waals surface area contributed by atoms with Crippen molar-refractivity contribution >= 4 is 45.1 Å². The minimum Gasteiger partial charge on any atom is -0.383 e. The van der Waals surface area contributed by atoms with Crippen LogP contribution in [0.15, 0.2) is 67.0 Å². The van der Waals surface area contributed by atoms with Crippen LogP contribution in [0.4, 0.5) is 5.82 Å². The number of pyridine rings is 1. The molecule has 6 aromatic rings. The van der Waals surface area contributed by atoms with Crippen molar-refractivity contribution in [1.82, 2.24) is 29.7 Å². The summed E-state index contributed by atoms with van der Waals surface area (Å²) in [5, 5.41) is 5.82. The van der Waals surface area contributed by atoms with Crippen molar-refractivity contribution in [3.8, 4) is 16.9 Å². The van der Waals surface area contributed by atoms with Crippen LogP contribution in [0.1, 0.15) is 21.9 Å². The molecular weight excluding hydrogens is 450 g/mol. The number of carbonyl (C=O) groups is 1. The number of aryl methyl sites for hydroxylation is 1. The van der Waals surface area contributed by atoms with E-state index in [2.05, 4.69) is 25.0 Å². The van der Waals surface area contributed by atoms with Gasteiger partial charge in [0.2, 0.25) is 5.78 Å². The van der Waals surface area contributed by atoms with Gasteiger partial charge in [-0.1, -0.05) is 23.7 Å². The molecule has 34 heavy (non-hydrogen) atoms. The van der Waals surface area contributed by atoms with Crippen molar-refractivity contribution < 1.29 is 4.79 Å². The van der Waals surface area contributed by atoms with Crippen LogP contribution in [-0.4, -0.2) is 35.5 Å². The lowest BCUT2D eigenvalue weighted by Gasteiger charge is -2.05. The minimum absolute atomic E-state index is 0.242. The normalized spacial score (nSPS) is 11.5. The Labute approximate surface area is 198 Å². The molecule has 4 heterocycles. The third kappa shape index (κ3) is 3.23. The first-order valence-corrected chi connectivity index (χ1v) is 10.9. The summed E-state index contributed by atoms with van der Waals surface area (Å²) in [6.45, 7) is 1.90. The summed E-state index contributed by atoms with van der Waals surface area (Å²) in [5.74, 6) is 0.842. The van der Waals surface area contributed by atoms with Crippen LogP contribution < -0.4 is 5.73 Å². The van der Waals surface area contributed by atoms with Crippen LogP contribution in [0, 0.1) is 6.92 Å². The molecule has 0 bridgehead atoms. The Morgan fingerprint density at radius 1 is 1.06 bits per heavy atom. The predicted molar refractivity (Wildman–Crippen MR) is 132 cm³/mol. The average molecular weight is 468 g/mol. The maximum atomic E-state index is 13.3. The van der Waals surface area contributed by atoms with Crippen molar-refractivity contribution in [2.24, 2.45) is 0 Å². The number of carbonyl (C=O) groups excluding carboxylic acids is 1. The Morgan fingerprint density at radius 2 is 1.94 bits per heavy atom. The zero-order valence-corrected chi connectivity index (χ0v) is 18.8. The fourth-order valence-electron chi connectivity index (χ4n) is 4.13. The molecule has 0 aliphatic heterocycles. The molecule has 0 saturated carbocycles. The smallest absolute Gasteiger partial charge is 0.214 e. The monoisotopic (exact) mass is 467 g/mol. The van der Waals surface area contributed by atoms with Gasteiger partial charge in [-0.15, -0.1) is 0 Å². The number of fused-ring (bicyclic) bond motifs is 2. The fourth-order valence-corrected chi connectivity index (χ4v) is 4.36. The van der Waals surface area contributed by atoms with E-state index >= 15 is 0 Å². The van der Waals surface area contributed by atoms with Crippen LogP contribution in [0.25, 0.3) is 38.9 Å². The second-order valence-corrected chi connectivity index (χ2v) is 8.43. The highest BCUT2D eigenvalue weighted by Gasteiger charge is 2.20. The summed E-state index contributed by atoms with van der Waals surface area (Å²) in [5.41, 5.74) is 11.9. The Balaban J connectivity index is 1.36. The predicted octanol–water partition coefficient (Wildman–Crippen LogP) is 5.07. The highest BCUT2D eigenvalue weighted by Crippen LogP contribution is 2.29. The van der Waals surface area contributed by atoms with Gasteiger partial charge in [0.15, 0.2) is 0 Å². The summed E-state index contributed by atoms with van der Waals surface area (Å²) >= 11 is 6.29. The SMILES string of the molecule is Cc1nc2cc(-n3ncc(C(=O)c4cc5ccc(-c6ncccc6Cl)cc5[nH]4)c3N)ccc2[nH]1. The molecule has 0 saturated heterocycles. The number of halogens is 1. The number of aromatic amines is 2. The molecule has 9 heteroatoms. The second kappa shape index (κ2) is 7.57. The second-order valence-electron chi connectivity index (χ2n) is 8.03. The number of nitrogens with one attached hydrogen (secondary N) is 2. The highest BCUT2D eigenvalue weighted by molar-refractivity contribution is 6.33. The molecule has 8 nitrogen and oxygen atoms in total. The highest BCUT2D eigenvalue weighted by atomic mass is 35.5. The lowest BCUT2D eigenvalue weighted by Crippen LogP contribution is -2.07. The number of nitrogen functional groups attached to an aromatic ring is 1. The molecule has 0 radical (unpaired) electrons. The van der Waals surface area contributed by atoms with Crippen molar-refractivity contribution in [2.45, 2.75) is 6.92 Å². The van der Waals surface area contributed by atoms with Crippen LogP contribution in [0.2, 0.25) is 5.02 Å². The van der Waals surface area contributed by atoms with E-state index in [0.29, 0.717) is 22.0 Å².